The average Bonchev–Trinajstić information content (AvgIpc) is 2.82. The number of ether oxygens (including phenoxy) is 2. The maximum Gasteiger partial charge on any atom is 0.255 e. The number of Topliss-reactive ketones (excluding diaryl/α,β-unsaturated/α-hetero) is 2. The zero-order valence-corrected chi connectivity index (χ0v) is 18.3. The number of carbonyl (C=O) groups is 3. The van der Waals surface area contributed by atoms with Crippen LogP contribution in [0.1, 0.15) is 36.0 Å². The molecule has 0 aromatic heterocycles. The molecule has 1 saturated carbocycles. The molecule has 1 amide bonds. The summed E-state index contributed by atoms with van der Waals surface area (Å²) in [7, 11) is 0. The molecule has 0 saturated heterocycles. The number of aromatic hydroxyl groups is 1. The Hall–Kier alpha value is -4.09. The minimum atomic E-state index is -2.88. The summed E-state index contributed by atoms with van der Waals surface area (Å²) in [5.74, 6) is -9.04. The molecular formula is C24H21NO10. The number of benzene rings is 1. The molecule has 5 atom stereocenters. The van der Waals surface area contributed by atoms with Crippen LogP contribution in [0.2, 0.25) is 0 Å². The fourth-order valence-corrected chi connectivity index (χ4v) is 5.68. The number of aliphatic hydroxyl groups is 4. The Balaban J connectivity index is 1.77. The molecule has 4 aliphatic rings. The van der Waals surface area contributed by atoms with E-state index in [0.29, 0.717) is 11.1 Å². The number of hydrogen-bond donors (Lipinski definition) is 6. The molecule has 5 unspecified atom stereocenters. The summed E-state index contributed by atoms with van der Waals surface area (Å²) in [5.41, 5.74) is 1.50. The third-order valence-corrected chi connectivity index (χ3v) is 7.25. The van der Waals surface area contributed by atoms with Crippen molar-refractivity contribution in [1.29, 1.82) is 0 Å². The van der Waals surface area contributed by atoms with Gasteiger partial charge in [-0.1, -0.05) is 6.92 Å². The largest absolute Gasteiger partial charge is 0.508 e. The predicted molar refractivity (Wildman–Crippen MR) is 117 cm³/mol. The molecule has 1 aliphatic heterocycles. The van der Waals surface area contributed by atoms with Crippen LogP contribution in [-0.4, -0.2) is 54.7 Å². The van der Waals surface area contributed by atoms with Gasteiger partial charge >= 0.3 is 0 Å². The van der Waals surface area contributed by atoms with Gasteiger partial charge in [-0.25, -0.2) is 0 Å². The van der Waals surface area contributed by atoms with E-state index in [1.54, 1.807) is 6.92 Å². The number of amides is 1. The van der Waals surface area contributed by atoms with E-state index in [9.17, 15) is 39.9 Å². The molecule has 35 heavy (non-hydrogen) atoms. The Kier molecular flexibility index (Phi) is 4.83. The van der Waals surface area contributed by atoms with Crippen LogP contribution >= 0.6 is 0 Å². The van der Waals surface area contributed by atoms with E-state index in [4.69, 9.17) is 15.2 Å². The maximum atomic E-state index is 13.6. The quantitative estimate of drug-likeness (QED) is 0.327. The van der Waals surface area contributed by atoms with Crippen LogP contribution in [0.15, 0.2) is 47.8 Å². The first-order valence-corrected chi connectivity index (χ1v) is 10.7. The molecule has 11 nitrogen and oxygen atoms in total. The van der Waals surface area contributed by atoms with Crippen molar-refractivity contribution in [3.8, 4) is 5.75 Å². The van der Waals surface area contributed by atoms with Gasteiger partial charge in [-0.15, -0.1) is 0 Å². The second-order valence-electron chi connectivity index (χ2n) is 8.91. The SMILES string of the molecule is CC1c2c(C3=COC=CO3)ccc(O)c2C(O)=C2C(=O)C3(O)C(O)=C(C(N)=O)C(=O)CC3C(O)C21. The third kappa shape index (κ3) is 2.82. The van der Waals surface area contributed by atoms with Gasteiger partial charge in [0.1, 0.15) is 41.6 Å². The fraction of sp³-hybridized carbons (Fsp3) is 0.292. The number of aliphatic hydroxyl groups excluding tert-OH is 3. The average molecular weight is 483 g/mol. The molecule has 1 fully saturated rings. The first kappa shape index (κ1) is 22.7. The Morgan fingerprint density at radius 3 is 2.51 bits per heavy atom. The van der Waals surface area contributed by atoms with Crippen LogP contribution in [0.25, 0.3) is 11.5 Å². The smallest absolute Gasteiger partial charge is 0.255 e. The Morgan fingerprint density at radius 2 is 1.89 bits per heavy atom. The number of phenolic OH excluding ortho intramolecular Hbond substituents is 1. The summed E-state index contributed by atoms with van der Waals surface area (Å²) in [6, 6.07) is 2.78. The van der Waals surface area contributed by atoms with E-state index in [2.05, 4.69) is 0 Å². The van der Waals surface area contributed by atoms with E-state index >= 15 is 0 Å². The summed E-state index contributed by atoms with van der Waals surface area (Å²) >= 11 is 0. The van der Waals surface area contributed by atoms with Crippen molar-refractivity contribution in [2.45, 2.75) is 31.0 Å². The third-order valence-electron chi connectivity index (χ3n) is 7.25. The monoisotopic (exact) mass is 483 g/mol. The number of nitrogens with two attached hydrogens (primary N) is 1. The van der Waals surface area contributed by atoms with Crippen molar-refractivity contribution in [3.05, 3.63) is 64.5 Å². The van der Waals surface area contributed by atoms with Crippen LogP contribution in [0.4, 0.5) is 0 Å². The van der Waals surface area contributed by atoms with Crippen molar-refractivity contribution in [1.82, 2.24) is 0 Å². The van der Waals surface area contributed by atoms with Crippen molar-refractivity contribution in [3.63, 3.8) is 0 Å². The highest BCUT2D eigenvalue weighted by molar-refractivity contribution is 6.23. The maximum absolute atomic E-state index is 13.6. The molecular weight excluding hydrogens is 462 g/mol. The van der Waals surface area contributed by atoms with E-state index in [0.717, 1.165) is 0 Å². The van der Waals surface area contributed by atoms with Gasteiger partial charge in [0.15, 0.2) is 17.1 Å². The highest BCUT2D eigenvalue weighted by Gasteiger charge is 2.65. The van der Waals surface area contributed by atoms with E-state index in [1.807, 2.05) is 0 Å². The van der Waals surface area contributed by atoms with Crippen LogP contribution in [-0.2, 0) is 23.9 Å². The first-order chi connectivity index (χ1) is 16.5. The molecule has 1 heterocycles. The molecule has 11 heteroatoms. The first-order valence-electron chi connectivity index (χ1n) is 10.7. The van der Waals surface area contributed by atoms with Crippen LogP contribution in [0.5, 0.6) is 5.75 Å². The molecule has 1 aromatic rings. The lowest BCUT2D eigenvalue weighted by Gasteiger charge is -2.50. The summed E-state index contributed by atoms with van der Waals surface area (Å²) < 4.78 is 10.6. The number of phenols is 1. The highest BCUT2D eigenvalue weighted by atomic mass is 16.5. The van der Waals surface area contributed by atoms with Crippen LogP contribution < -0.4 is 5.73 Å². The van der Waals surface area contributed by atoms with Gasteiger partial charge in [0, 0.05) is 29.4 Å². The van der Waals surface area contributed by atoms with Gasteiger partial charge in [0.25, 0.3) is 5.91 Å². The lowest BCUT2D eigenvalue weighted by molar-refractivity contribution is -0.160. The number of primary amides is 1. The number of hydrogen-bond acceptors (Lipinski definition) is 10. The van der Waals surface area contributed by atoms with E-state index < -0.39 is 76.0 Å². The molecule has 0 bridgehead atoms. The van der Waals surface area contributed by atoms with Gasteiger partial charge in [0.2, 0.25) is 5.78 Å². The number of ketones is 2. The number of rotatable bonds is 2. The minimum Gasteiger partial charge on any atom is -0.508 e. The van der Waals surface area contributed by atoms with Crippen LogP contribution in [0.3, 0.4) is 0 Å². The van der Waals surface area contributed by atoms with Gasteiger partial charge in [0.05, 0.1) is 11.7 Å². The van der Waals surface area contributed by atoms with Gasteiger partial charge in [-0.2, -0.15) is 0 Å². The molecule has 0 radical (unpaired) electrons. The topological polar surface area (TPSA) is 197 Å². The Bertz CT molecular complexity index is 1340. The van der Waals surface area contributed by atoms with Gasteiger partial charge in [-0.3, -0.25) is 14.4 Å². The van der Waals surface area contributed by atoms with Crippen molar-refractivity contribution < 1.29 is 49.4 Å². The summed E-state index contributed by atoms with van der Waals surface area (Å²) in [6.45, 7) is 1.63. The lowest BCUT2D eigenvalue weighted by Crippen LogP contribution is -2.64. The van der Waals surface area contributed by atoms with Gasteiger partial charge in [-0.05, 0) is 23.6 Å². The molecule has 182 valence electrons. The predicted octanol–water partition coefficient (Wildman–Crippen LogP) is 0.772. The minimum absolute atomic E-state index is 0.131. The van der Waals surface area contributed by atoms with Crippen molar-refractivity contribution in [2.75, 3.05) is 0 Å². The van der Waals surface area contributed by atoms with Crippen molar-refractivity contribution >= 4 is 29.0 Å². The zero-order valence-electron chi connectivity index (χ0n) is 18.3. The molecule has 5 rings (SSSR count). The second kappa shape index (κ2) is 7.45. The second-order valence-corrected chi connectivity index (χ2v) is 8.91. The van der Waals surface area contributed by atoms with Crippen molar-refractivity contribution in [2.24, 2.45) is 17.6 Å². The Labute approximate surface area is 197 Å². The van der Waals surface area contributed by atoms with Crippen LogP contribution in [0, 0.1) is 11.8 Å². The molecule has 7 N–H and O–H groups in total. The number of carbonyl (C=O) groups excluding carboxylic acids is 3. The zero-order chi connectivity index (χ0) is 25.4. The molecule has 3 aliphatic carbocycles. The lowest BCUT2D eigenvalue weighted by atomic mass is 9.55. The fourth-order valence-electron chi connectivity index (χ4n) is 5.68. The number of fused-ring (bicyclic) bond motifs is 3. The Morgan fingerprint density at radius 1 is 1.17 bits per heavy atom. The van der Waals surface area contributed by atoms with E-state index in [-0.39, 0.29) is 17.1 Å². The molecule has 0 spiro atoms. The standard InChI is InChI=1S/C24H21NO10/c1-8-14-9(13-7-34-4-5-35-13)2-3-11(26)16(14)20(29)18-15(8)19(28)10-6-12(27)17(23(25)32)21(30)24(10,33)22(18)31/h2-5,7-8,10,15,19,26,28-30,33H,6H2,1H3,(H2,25,32). The summed E-state index contributed by atoms with van der Waals surface area (Å²) in [5, 5.41) is 55.1. The van der Waals surface area contributed by atoms with Gasteiger partial charge < -0.3 is 40.7 Å². The summed E-state index contributed by atoms with van der Waals surface area (Å²) in [4.78, 5) is 37.9. The summed E-state index contributed by atoms with van der Waals surface area (Å²) in [6.07, 6.45) is 1.60. The highest BCUT2D eigenvalue weighted by Crippen LogP contribution is 2.56. The van der Waals surface area contributed by atoms with E-state index in [1.165, 1.54) is 30.9 Å². The normalized spacial score (nSPS) is 31.7. The molecule has 1 aromatic carbocycles.